The van der Waals surface area contributed by atoms with Crippen LogP contribution in [0.25, 0.3) is 10.8 Å². The molecule has 4 rings (SSSR count). The molecule has 0 heterocycles. The minimum Gasteiger partial charge on any atom is -0.426 e. The van der Waals surface area contributed by atoms with Crippen molar-refractivity contribution in [3.8, 4) is 5.75 Å². The summed E-state index contributed by atoms with van der Waals surface area (Å²) in [7, 11) is 0. The van der Waals surface area contributed by atoms with Gasteiger partial charge in [0.15, 0.2) is 0 Å². The zero-order valence-electron chi connectivity index (χ0n) is 15.0. The highest BCUT2D eigenvalue weighted by atomic mass is 16.5. The molecule has 0 radical (unpaired) electrons. The van der Waals surface area contributed by atoms with Crippen molar-refractivity contribution in [3.63, 3.8) is 0 Å². The molecule has 0 amide bonds. The molecule has 4 aromatic rings. The summed E-state index contributed by atoms with van der Waals surface area (Å²) in [5.41, 5.74) is 3.18. The molecule has 0 bridgehead atoms. The normalized spacial score (nSPS) is 10.7. The molecule has 2 heteroatoms. The van der Waals surface area contributed by atoms with Gasteiger partial charge >= 0.3 is 5.97 Å². The number of carbonyl (C=O) groups is 1. The van der Waals surface area contributed by atoms with Gasteiger partial charge in [0.05, 0.1) is 6.42 Å². The van der Waals surface area contributed by atoms with E-state index >= 15 is 0 Å². The van der Waals surface area contributed by atoms with E-state index in [1.807, 2.05) is 72.8 Å². The maximum Gasteiger partial charge on any atom is 0.315 e. The van der Waals surface area contributed by atoms with Crippen LogP contribution in [0, 0.1) is 0 Å². The van der Waals surface area contributed by atoms with Gasteiger partial charge in [0, 0.05) is 6.42 Å². The first-order chi connectivity index (χ1) is 13.3. The van der Waals surface area contributed by atoms with Gasteiger partial charge < -0.3 is 4.74 Å². The first-order valence-corrected chi connectivity index (χ1v) is 9.09. The Balaban J connectivity index is 1.53. The van der Waals surface area contributed by atoms with E-state index in [4.69, 9.17) is 4.74 Å². The lowest BCUT2D eigenvalue weighted by atomic mass is 10.0. The fourth-order valence-electron chi connectivity index (χ4n) is 3.33. The molecular formula is C25H20O2. The summed E-state index contributed by atoms with van der Waals surface area (Å²) in [6.07, 6.45) is 0.986. The number of carbonyl (C=O) groups excluding carboxylic acids is 1. The van der Waals surface area contributed by atoms with Crippen LogP contribution in [0.1, 0.15) is 16.7 Å². The summed E-state index contributed by atoms with van der Waals surface area (Å²) in [5.74, 6) is 0.387. The van der Waals surface area contributed by atoms with Gasteiger partial charge in [0.1, 0.15) is 5.75 Å². The fraction of sp³-hybridized carbons (Fsp3) is 0.0800. The highest BCUT2D eigenvalue weighted by molar-refractivity contribution is 5.89. The predicted octanol–water partition coefficient (Wildman–Crippen LogP) is 5.58. The van der Waals surface area contributed by atoms with Gasteiger partial charge in [0.25, 0.3) is 0 Å². The maximum atomic E-state index is 12.6. The third kappa shape index (κ3) is 4.06. The topological polar surface area (TPSA) is 26.3 Å². The lowest BCUT2D eigenvalue weighted by Crippen LogP contribution is -2.12. The van der Waals surface area contributed by atoms with E-state index in [9.17, 15) is 4.79 Å². The molecule has 27 heavy (non-hydrogen) atoms. The van der Waals surface area contributed by atoms with E-state index in [-0.39, 0.29) is 12.4 Å². The molecule has 0 spiro atoms. The zero-order valence-corrected chi connectivity index (χ0v) is 15.0. The number of hydrogen-bond acceptors (Lipinski definition) is 2. The smallest absolute Gasteiger partial charge is 0.315 e. The zero-order chi connectivity index (χ0) is 18.5. The summed E-state index contributed by atoms with van der Waals surface area (Å²) in [4.78, 5) is 12.6. The molecule has 0 aliphatic carbocycles. The van der Waals surface area contributed by atoms with Crippen LogP contribution in [0.4, 0.5) is 0 Å². The lowest BCUT2D eigenvalue weighted by Gasteiger charge is -2.11. The van der Waals surface area contributed by atoms with Crippen LogP contribution < -0.4 is 4.74 Å². The Morgan fingerprint density at radius 3 is 2.22 bits per heavy atom. The maximum absolute atomic E-state index is 12.6. The number of hydrogen-bond donors (Lipinski definition) is 0. The minimum atomic E-state index is -0.244. The Morgan fingerprint density at radius 1 is 0.667 bits per heavy atom. The minimum absolute atomic E-state index is 0.244. The van der Waals surface area contributed by atoms with E-state index in [0.717, 1.165) is 28.3 Å². The Bertz CT molecular complexity index is 1060. The molecule has 0 atom stereocenters. The van der Waals surface area contributed by atoms with Crippen molar-refractivity contribution < 1.29 is 9.53 Å². The molecular weight excluding hydrogens is 332 g/mol. The summed E-state index contributed by atoms with van der Waals surface area (Å²) in [5, 5.41) is 2.22. The highest BCUT2D eigenvalue weighted by Crippen LogP contribution is 2.23. The largest absolute Gasteiger partial charge is 0.426 e. The number of benzene rings is 4. The van der Waals surface area contributed by atoms with Gasteiger partial charge in [-0.2, -0.15) is 0 Å². The number of ether oxygens (including phenoxy) is 1. The fourth-order valence-corrected chi connectivity index (χ4v) is 3.33. The van der Waals surface area contributed by atoms with Crippen molar-refractivity contribution in [1.82, 2.24) is 0 Å². The van der Waals surface area contributed by atoms with Crippen LogP contribution in [0.5, 0.6) is 5.75 Å². The average molecular weight is 352 g/mol. The molecule has 0 fully saturated rings. The third-order valence-corrected chi connectivity index (χ3v) is 4.65. The van der Waals surface area contributed by atoms with Crippen LogP contribution in [0.15, 0.2) is 97.1 Å². The SMILES string of the molecule is O=C(Cc1cccc2ccccc12)Oc1ccccc1Cc1ccccc1. The Morgan fingerprint density at radius 2 is 1.33 bits per heavy atom. The number of esters is 1. The molecule has 4 aromatic carbocycles. The summed E-state index contributed by atoms with van der Waals surface area (Å²) < 4.78 is 5.73. The number of rotatable bonds is 5. The van der Waals surface area contributed by atoms with Gasteiger partial charge in [0.2, 0.25) is 0 Å². The van der Waals surface area contributed by atoms with Crippen molar-refractivity contribution >= 4 is 16.7 Å². The molecule has 132 valence electrons. The second-order valence-electron chi connectivity index (χ2n) is 6.56. The summed E-state index contributed by atoms with van der Waals surface area (Å²) >= 11 is 0. The van der Waals surface area contributed by atoms with Crippen LogP contribution >= 0.6 is 0 Å². The van der Waals surface area contributed by atoms with Crippen molar-refractivity contribution in [1.29, 1.82) is 0 Å². The van der Waals surface area contributed by atoms with Gasteiger partial charge in [-0.15, -0.1) is 0 Å². The van der Waals surface area contributed by atoms with Crippen molar-refractivity contribution in [3.05, 3.63) is 114 Å². The Kier molecular flexibility index (Phi) is 4.97. The monoisotopic (exact) mass is 352 g/mol. The van der Waals surface area contributed by atoms with Crippen molar-refractivity contribution in [2.45, 2.75) is 12.8 Å². The third-order valence-electron chi connectivity index (χ3n) is 4.65. The average Bonchev–Trinajstić information content (AvgIpc) is 2.71. The van der Waals surface area contributed by atoms with Gasteiger partial charge in [-0.05, 0) is 33.5 Å². The predicted molar refractivity (Wildman–Crippen MR) is 109 cm³/mol. The van der Waals surface area contributed by atoms with Crippen LogP contribution in [0.2, 0.25) is 0 Å². The number of para-hydroxylation sites is 1. The molecule has 0 saturated carbocycles. The van der Waals surface area contributed by atoms with Gasteiger partial charge in [-0.25, -0.2) is 0 Å². The first-order valence-electron chi connectivity index (χ1n) is 9.09. The Hall–Kier alpha value is -3.39. The second kappa shape index (κ2) is 7.88. The standard InChI is InChI=1S/C25H20O2/c26-25(18-21-14-8-13-20-11-4-6-15-23(20)21)27-24-16-7-5-12-22(24)17-19-9-2-1-3-10-19/h1-16H,17-18H2. The van der Waals surface area contributed by atoms with Gasteiger partial charge in [-0.3, -0.25) is 4.79 Å². The number of fused-ring (bicyclic) bond motifs is 1. The molecule has 0 N–H and O–H groups in total. The van der Waals surface area contributed by atoms with Crippen LogP contribution in [-0.2, 0) is 17.6 Å². The molecule has 2 nitrogen and oxygen atoms in total. The molecule has 0 aliphatic rings. The molecule has 0 saturated heterocycles. The first kappa shape index (κ1) is 17.0. The highest BCUT2D eigenvalue weighted by Gasteiger charge is 2.12. The van der Waals surface area contributed by atoms with Crippen molar-refractivity contribution in [2.75, 3.05) is 0 Å². The van der Waals surface area contributed by atoms with E-state index < -0.39 is 0 Å². The van der Waals surface area contributed by atoms with Crippen LogP contribution in [-0.4, -0.2) is 5.97 Å². The molecule has 0 aromatic heterocycles. The lowest BCUT2D eigenvalue weighted by molar-refractivity contribution is -0.133. The van der Waals surface area contributed by atoms with E-state index in [2.05, 4.69) is 24.3 Å². The Labute approximate surface area is 159 Å². The van der Waals surface area contributed by atoms with E-state index in [0.29, 0.717) is 5.75 Å². The van der Waals surface area contributed by atoms with Gasteiger partial charge in [-0.1, -0.05) is 91.0 Å². The molecule has 0 unspecified atom stereocenters. The molecule has 0 aliphatic heterocycles. The summed E-state index contributed by atoms with van der Waals surface area (Å²) in [6.45, 7) is 0. The van der Waals surface area contributed by atoms with E-state index in [1.165, 1.54) is 5.56 Å². The second-order valence-corrected chi connectivity index (χ2v) is 6.56. The van der Waals surface area contributed by atoms with E-state index in [1.54, 1.807) is 0 Å². The van der Waals surface area contributed by atoms with Crippen molar-refractivity contribution in [2.24, 2.45) is 0 Å². The summed E-state index contributed by atoms with van der Waals surface area (Å²) in [6, 6.07) is 32.0. The van der Waals surface area contributed by atoms with Crippen LogP contribution in [0.3, 0.4) is 0 Å². The quantitative estimate of drug-likeness (QED) is 0.346.